The summed E-state index contributed by atoms with van der Waals surface area (Å²) in [6.07, 6.45) is 3.13. The Morgan fingerprint density at radius 2 is 1.66 bits per heavy atom. The summed E-state index contributed by atoms with van der Waals surface area (Å²) in [4.78, 5) is 14.7. The van der Waals surface area contributed by atoms with Gasteiger partial charge in [0.25, 0.3) is 0 Å². The number of hydrogen-bond donors (Lipinski definition) is 3. The Labute approximate surface area is 218 Å². The molecular formula is C29H34ClN3OS. The SMILES string of the molecule is CCNCC(=O)Nc1ccc(C)c(C2(Cc3ccc(Sc4ccc(Cl)cc4)cc3)CCNCC2)c1. The molecule has 1 aliphatic heterocycles. The second-order valence-corrected chi connectivity index (χ2v) is 10.8. The van der Waals surface area contributed by atoms with E-state index in [1.54, 1.807) is 11.8 Å². The number of aryl methyl sites for hydroxylation is 1. The first-order valence-electron chi connectivity index (χ1n) is 12.3. The smallest absolute Gasteiger partial charge is 0.238 e. The molecule has 0 aromatic heterocycles. The topological polar surface area (TPSA) is 53.2 Å². The minimum absolute atomic E-state index is 0.00482. The van der Waals surface area contributed by atoms with Gasteiger partial charge in [0, 0.05) is 25.9 Å². The van der Waals surface area contributed by atoms with Crippen LogP contribution in [0.3, 0.4) is 0 Å². The van der Waals surface area contributed by atoms with E-state index in [-0.39, 0.29) is 11.3 Å². The van der Waals surface area contributed by atoms with E-state index >= 15 is 0 Å². The number of piperidine rings is 1. The second kappa shape index (κ2) is 12.1. The van der Waals surface area contributed by atoms with Gasteiger partial charge in [-0.25, -0.2) is 0 Å². The molecule has 1 aliphatic rings. The molecule has 0 saturated carbocycles. The summed E-state index contributed by atoms with van der Waals surface area (Å²) in [5.74, 6) is -0.00482. The Morgan fingerprint density at radius 1 is 1.00 bits per heavy atom. The summed E-state index contributed by atoms with van der Waals surface area (Å²) >= 11 is 7.77. The summed E-state index contributed by atoms with van der Waals surface area (Å²) in [5, 5.41) is 10.5. The molecule has 184 valence electrons. The minimum Gasteiger partial charge on any atom is -0.325 e. The van der Waals surface area contributed by atoms with E-state index in [1.165, 1.54) is 26.5 Å². The summed E-state index contributed by atoms with van der Waals surface area (Å²) in [5.41, 5.74) is 4.89. The number of halogens is 1. The molecule has 0 aliphatic carbocycles. The fourth-order valence-corrected chi connectivity index (χ4v) is 5.81. The van der Waals surface area contributed by atoms with Crippen LogP contribution in [-0.2, 0) is 16.6 Å². The van der Waals surface area contributed by atoms with Gasteiger partial charge in [-0.05, 0) is 111 Å². The number of likely N-dealkylation sites (N-methyl/N-ethyl adjacent to an activating group) is 1. The molecule has 1 fully saturated rings. The van der Waals surface area contributed by atoms with Gasteiger partial charge < -0.3 is 16.0 Å². The van der Waals surface area contributed by atoms with Crippen LogP contribution in [0.25, 0.3) is 0 Å². The number of amides is 1. The lowest BCUT2D eigenvalue weighted by Crippen LogP contribution is -2.42. The zero-order valence-corrected chi connectivity index (χ0v) is 22.1. The number of nitrogens with one attached hydrogen (secondary N) is 3. The summed E-state index contributed by atoms with van der Waals surface area (Å²) in [6, 6.07) is 23.3. The lowest BCUT2D eigenvalue weighted by atomic mass is 9.68. The van der Waals surface area contributed by atoms with E-state index in [1.807, 2.05) is 25.1 Å². The number of carbonyl (C=O) groups excluding carboxylic acids is 1. The monoisotopic (exact) mass is 507 g/mol. The third kappa shape index (κ3) is 6.89. The third-order valence-electron chi connectivity index (χ3n) is 6.70. The summed E-state index contributed by atoms with van der Waals surface area (Å²) < 4.78 is 0. The Balaban J connectivity index is 1.54. The minimum atomic E-state index is -0.00482. The highest BCUT2D eigenvalue weighted by Crippen LogP contribution is 2.40. The fraction of sp³-hybridized carbons (Fsp3) is 0.345. The van der Waals surface area contributed by atoms with Crippen molar-refractivity contribution in [1.29, 1.82) is 0 Å². The van der Waals surface area contributed by atoms with E-state index < -0.39 is 0 Å². The summed E-state index contributed by atoms with van der Waals surface area (Å²) in [7, 11) is 0. The van der Waals surface area contributed by atoms with E-state index in [0.717, 1.165) is 49.6 Å². The van der Waals surface area contributed by atoms with Crippen molar-refractivity contribution in [2.24, 2.45) is 0 Å². The van der Waals surface area contributed by atoms with Gasteiger partial charge in [0.1, 0.15) is 0 Å². The molecule has 4 nitrogen and oxygen atoms in total. The lowest BCUT2D eigenvalue weighted by molar-refractivity contribution is -0.115. The van der Waals surface area contributed by atoms with Crippen molar-refractivity contribution in [2.45, 2.75) is 48.3 Å². The Kier molecular flexibility index (Phi) is 8.90. The van der Waals surface area contributed by atoms with Gasteiger partial charge in [0.15, 0.2) is 0 Å². The molecule has 3 N–H and O–H groups in total. The molecule has 0 bridgehead atoms. The molecule has 1 heterocycles. The molecule has 3 aromatic rings. The number of carbonyl (C=O) groups is 1. The van der Waals surface area contributed by atoms with Gasteiger partial charge >= 0.3 is 0 Å². The van der Waals surface area contributed by atoms with Crippen LogP contribution in [0, 0.1) is 6.92 Å². The van der Waals surface area contributed by atoms with Gasteiger partial charge in [-0.2, -0.15) is 0 Å². The molecule has 4 rings (SSSR count). The van der Waals surface area contributed by atoms with Crippen LogP contribution in [0.1, 0.15) is 36.5 Å². The Morgan fingerprint density at radius 3 is 2.31 bits per heavy atom. The predicted molar refractivity (Wildman–Crippen MR) is 148 cm³/mol. The van der Waals surface area contributed by atoms with Crippen molar-refractivity contribution in [3.05, 3.63) is 88.4 Å². The summed E-state index contributed by atoms with van der Waals surface area (Å²) in [6.45, 7) is 7.30. The average molecular weight is 508 g/mol. The van der Waals surface area contributed by atoms with Gasteiger partial charge in [0.05, 0.1) is 6.54 Å². The fourth-order valence-electron chi connectivity index (χ4n) is 4.87. The van der Waals surface area contributed by atoms with Crippen LogP contribution in [-0.4, -0.2) is 32.1 Å². The van der Waals surface area contributed by atoms with Crippen LogP contribution in [0.2, 0.25) is 5.02 Å². The molecule has 0 spiro atoms. The maximum atomic E-state index is 12.3. The first kappa shape index (κ1) is 25.8. The molecule has 1 saturated heterocycles. The molecule has 6 heteroatoms. The number of benzene rings is 3. The van der Waals surface area contributed by atoms with Crippen molar-refractivity contribution in [3.8, 4) is 0 Å². The van der Waals surface area contributed by atoms with Crippen LogP contribution in [0.5, 0.6) is 0 Å². The van der Waals surface area contributed by atoms with E-state index in [9.17, 15) is 4.79 Å². The highest BCUT2D eigenvalue weighted by atomic mass is 35.5. The molecule has 0 unspecified atom stereocenters. The number of anilines is 1. The molecule has 1 amide bonds. The Bertz CT molecular complexity index is 1130. The second-order valence-electron chi connectivity index (χ2n) is 9.27. The Hall–Kier alpha value is -2.31. The van der Waals surface area contributed by atoms with Crippen molar-refractivity contribution in [1.82, 2.24) is 10.6 Å². The largest absolute Gasteiger partial charge is 0.325 e. The quantitative estimate of drug-likeness (QED) is 0.322. The van der Waals surface area contributed by atoms with Crippen LogP contribution in [0.15, 0.2) is 76.5 Å². The van der Waals surface area contributed by atoms with E-state index in [2.05, 4.69) is 71.4 Å². The van der Waals surface area contributed by atoms with Crippen molar-refractivity contribution in [2.75, 3.05) is 31.5 Å². The normalized spacial score (nSPS) is 15.1. The van der Waals surface area contributed by atoms with E-state index in [4.69, 9.17) is 11.6 Å². The highest BCUT2D eigenvalue weighted by Gasteiger charge is 2.35. The van der Waals surface area contributed by atoms with Crippen molar-refractivity contribution >= 4 is 35.0 Å². The molecule has 3 aromatic carbocycles. The third-order valence-corrected chi connectivity index (χ3v) is 7.97. The van der Waals surface area contributed by atoms with Crippen molar-refractivity contribution in [3.63, 3.8) is 0 Å². The van der Waals surface area contributed by atoms with Gasteiger partial charge in [-0.3, -0.25) is 4.79 Å². The molecule has 0 radical (unpaired) electrons. The maximum absolute atomic E-state index is 12.3. The van der Waals surface area contributed by atoms with Crippen LogP contribution < -0.4 is 16.0 Å². The first-order chi connectivity index (χ1) is 17.0. The zero-order chi connectivity index (χ0) is 24.7. The maximum Gasteiger partial charge on any atom is 0.238 e. The molecular weight excluding hydrogens is 474 g/mol. The number of rotatable bonds is 9. The van der Waals surface area contributed by atoms with Gasteiger partial charge in [-0.15, -0.1) is 0 Å². The van der Waals surface area contributed by atoms with Crippen LogP contribution >= 0.6 is 23.4 Å². The zero-order valence-electron chi connectivity index (χ0n) is 20.5. The average Bonchev–Trinajstić information content (AvgIpc) is 2.87. The lowest BCUT2D eigenvalue weighted by Gasteiger charge is -2.40. The predicted octanol–water partition coefficient (Wildman–Crippen LogP) is 6.21. The van der Waals surface area contributed by atoms with Gasteiger partial charge in [0.2, 0.25) is 5.91 Å². The standard InChI is InChI=1S/C29H34ClN3OS/c1-3-31-20-28(34)33-24-9-4-21(2)27(18-24)29(14-16-32-17-15-29)19-22-5-10-25(11-6-22)35-26-12-7-23(30)8-13-26/h4-13,18,31-32H,3,14-17,19-20H2,1-2H3,(H,33,34). The first-order valence-corrected chi connectivity index (χ1v) is 13.5. The van der Waals surface area contributed by atoms with Crippen molar-refractivity contribution < 1.29 is 4.79 Å². The van der Waals surface area contributed by atoms with E-state index in [0.29, 0.717) is 6.54 Å². The molecule has 0 atom stereocenters. The number of hydrogen-bond acceptors (Lipinski definition) is 4. The molecule has 35 heavy (non-hydrogen) atoms. The van der Waals surface area contributed by atoms with Gasteiger partial charge in [-0.1, -0.05) is 48.5 Å². The highest BCUT2D eigenvalue weighted by molar-refractivity contribution is 7.99. The van der Waals surface area contributed by atoms with Crippen LogP contribution in [0.4, 0.5) is 5.69 Å².